The highest BCUT2D eigenvalue weighted by Crippen LogP contribution is 2.49. The van der Waals surface area contributed by atoms with E-state index in [4.69, 9.17) is 37.9 Å². The molecule has 2 amide bonds. The van der Waals surface area contributed by atoms with Crippen LogP contribution in [0.4, 0.5) is 9.59 Å². The van der Waals surface area contributed by atoms with Crippen molar-refractivity contribution in [3.8, 4) is 23.0 Å². The largest absolute Gasteiger partial charge is 0.491 e. The van der Waals surface area contributed by atoms with Gasteiger partial charge in [-0.1, -0.05) is 97.0 Å². The van der Waals surface area contributed by atoms with Gasteiger partial charge in [-0.05, 0) is 101 Å². The van der Waals surface area contributed by atoms with E-state index in [0.29, 0.717) is 39.4 Å². The van der Waals surface area contributed by atoms with Crippen molar-refractivity contribution >= 4 is 12.2 Å². The number of carbonyl (C=O) groups is 2. The zero-order valence-electron chi connectivity index (χ0n) is 39.6. The van der Waals surface area contributed by atoms with Crippen molar-refractivity contribution in [1.82, 2.24) is 9.80 Å². The minimum Gasteiger partial charge on any atom is -0.491 e. The molecule has 352 valence electrons. The van der Waals surface area contributed by atoms with Crippen molar-refractivity contribution in [2.24, 2.45) is 10.8 Å². The molecule has 6 unspecified atom stereocenters. The maximum atomic E-state index is 13.5. The summed E-state index contributed by atoms with van der Waals surface area (Å²) in [6.45, 7) is 19.9. The predicted octanol–water partition coefficient (Wildman–Crippen LogP) is 9.58. The number of carbonyl (C=O) groups excluding carboxylic acids is 2. The van der Waals surface area contributed by atoms with Gasteiger partial charge in [-0.3, -0.25) is 9.80 Å². The van der Waals surface area contributed by atoms with E-state index in [2.05, 4.69) is 97.0 Å². The van der Waals surface area contributed by atoms with Gasteiger partial charge in [0, 0.05) is 23.4 Å². The Balaban J connectivity index is 0.793. The van der Waals surface area contributed by atoms with E-state index in [1.165, 1.54) is 11.1 Å². The van der Waals surface area contributed by atoms with Crippen LogP contribution in [-0.2, 0) is 29.8 Å². The quantitative estimate of drug-likeness (QED) is 0.0842. The highest BCUT2D eigenvalue weighted by molar-refractivity contribution is 5.71. The van der Waals surface area contributed by atoms with Crippen LogP contribution >= 0.6 is 0 Å². The Hall–Kier alpha value is -5.46. The third-order valence-electron chi connectivity index (χ3n) is 14.3. The molecule has 4 heterocycles. The lowest BCUT2D eigenvalue weighted by atomic mass is 9.62. The van der Waals surface area contributed by atoms with E-state index in [-0.39, 0.29) is 77.4 Å². The van der Waals surface area contributed by atoms with Crippen molar-refractivity contribution in [2.45, 2.75) is 109 Å². The fourth-order valence-corrected chi connectivity index (χ4v) is 10.5. The van der Waals surface area contributed by atoms with E-state index in [0.717, 1.165) is 60.2 Å². The summed E-state index contributed by atoms with van der Waals surface area (Å²) in [6.07, 6.45) is 2.22. The smallest absolute Gasteiger partial charge is 0.410 e. The van der Waals surface area contributed by atoms with Gasteiger partial charge in [-0.15, -0.1) is 0 Å². The molecule has 5 fully saturated rings. The molecule has 4 saturated heterocycles. The fraction of sp³-hybridized carbons (Fsp3) is 0.519. The number of rotatable bonds is 19. The Morgan fingerprint density at radius 1 is 0.530 bits per heavy atom. The average Bonchev–Trinajstić information content (AvgIpc) is 4.24. The van der Waals surface area contributed by atoms with Gasteiger partial charge < -0.3 is 37.9 Å². The van der Waals surface area contributed by atoms with Crippen molar-refractivity contribution in [2.75, 3.05) is 59.4 Å². The Bertz CT molecular complexity index is 2300. The van der Waals surface area contributed by atoms with Gasteiger partial charge in [0.25, 0.3) is 0 Å². The molecule has 0 aromatic heterocycles. The first kappa shape index (κ1) is 45.7. The second kappa shape index (κ2) is 18.3. The molecule has 12 nitrogen and oxygen atoms in total. The molecular weight excluding hydrogens is 837 g/mol. The summed E-state index contributed by atoms with van der Waals surface area (Å²) in [7, 11) is 0. The molecule has 0 spiro atoms. The molecule has 12 heteroatoms. The maximum Gasteiger partial charge on any atom is 0.410 e. The minimum absolute atomic E-state index is 0.0888. The summed E-state index contributed by atoms with van der Waals surface area (Å²) in [5.41, 5.74) is 3.82. The molecular formula is C54H66N2O10. The van der Waals surface area contributed by atoms with E-state index in [9.17, 15) is 9.59 Å². The molecule has 0 bridgehead atoms. The summed E-state index contributed by atoms with van der Waals surface area (Å²) < 4.78 is 46.3. The monoisotopic (exact) mass is 902 g/mol. The third-order valence-corrected chi connectivity index (χ3v) is 14.3. The highest BCUT2D eigenvalue weighted by Gasteiger charge is 2.50. The van der Waals surface area contributed by atoms with E-state index < -0.39 is 0 Å². The highest BCUT2D eigenvalue weighted by atomic mass is 16.6. The number of benzene rings is 4. The second-order valence-corrected chi connectivity index (χ2v) is 21.2. The number of epoxide rings is 2. The lowest BCUT2D eigenvalue weighted by Crippen LogP contribution is -2.54. The zero-order valence-corrected chi connectivity index (χ0v) is 39.6. The summed E-state index contributed by atoms with van der Waals surface area (Å²) in [6, 6.07) is 32.4. The molecule has 4 aromatic rings. The number of hydrogen-bond donors (Lipinski definition) is 0. The van der Waals surface area contributed by atoms with Gasteiger partial charge >= 0.3 is 12.2 Å². The van der Waals surface area contributed by atoms with E-state index >= 15 is 0 Å². The molecule has 1 aliphatic carbocycles. The molecule has 66 heavy (non-hydrogen) atoms. The Labute approximate surface area is 389 Å². The first-order valence-electron chi connectivity index (χ1n) is 23.6. The van der Waals surface area contributed by atoms with Gasteiger partial charge in [-0.2, -0.15) is 0 Å². The molecule has 6 atom stereocenters. The van der Waals surface area contributed by atoms with Crippen molar-refractivity contribution < 1.29 is 47.5 Å². The summed E-state index contributed by atoms with van der Waals surface area (Å²) in [5.74, 6) is 3.15. The number of cyclic esters (lactones) is 2. The van der Waals surface area contributed by atoms with Crippen LogP contribution in [0.25, 0.3) is 0 Å². The fourth-order valence-electron chi connectivity index (χ4n) is 10.5. The van der Waals surface area contributed by atoms with Crippen LogP contribution in [0.15, 0.2) is 97.1 Å². The molecule has 4 aromatic carbocycles. The van der Waals surface area contributed by atoms with Gasteiger partial charge in [0.15, 0.2) is 0 Å². The normalized spacial score (nSPS) is 25.8. The molecule has 9 rings (SSSR count). The maximum absolute atomic E-state index is 13.5. The summed E-state index contributed by atoms with van der Waals surface area (Å²) >= 11 is 0. The van der Waals surface area contributed by atoms with Crippen LogP contribution in [0, 0.1) is 10.8 Å². The predicted molar refractivity (Wildman–Crippen MR) is 250 cm³/mol. The van der Waals surface area contributed by atoms with Crippen LogP contribution in [0.3, 0.4) is 0 Å². The van der Waals surface area contributed by atoms with Crippen LogP contribution in [0.1, 0.15) is 90.0 Å². The van der Waals surface area contributed by atoms with Gasteiger partial charge in [-0.25, -0.2) is 9.59 Å². The molecule has 5 aliphatic rings. The summed E-state index contributed by atoms with van der Waals surface area (Å²) in [4.78, 5) is 30.6. The van der Waals surface area contributed by atoms with Crippen LogP contribution in [0.2, 0.25) is 0 Å². The third kappa shape index (κ3) is 10.6. The van der Waals surface area contributed by atoms with E-state index in [1.807, 2.05) is 58.3 Å². The lowest BCUT2D eigenvalue weighted by molar-refractivity contribution is 0.000443. The number of ether oxygens (including phenoxy) is 8. The number of nitrogens with zero attached hydrogens (tertiary/aromatic N) is 2. The first-order valence-corrected chi connectivity index (χ1v) is 23.6. The molecule has 0 N–H and O–H groups in total. The SMILES string of the molecule is CC1(C)CC(N2C(=O)OCC2COc2ccc(C(C)(C)c3ccc(OCC4CO4)cc3)cc2)CC(C)(CN2C(=O)OCC2COc2ccc(C(C)(C)c3ccc(OCC4CO4)cc3)cc2)C1. The second-order valence-electron chi connectivity index (χ2n) is 21.2. The van der Waals surface area contributed by atoms with Gasteiger partial charge in [0.1, 0.15) is 86.9 Å². The van der Waals surface area contributed by atoms with Gasteiger partial charge in [0.05, 0.1) is 13.2 Å². The van der Waals surface area contributed by atoms with Crippen LogP contribution in [-0.4, -0.2) is 112 Å². The first-order chi connectivity index (χ1) is 31.5. The Morgan fingerprint density at radius 3 is 1.33 bits per heavy atom. The van der Waals surface area contributed by atoms with Crippen LogP contribution in [0.5, 0.6) is 23.0 Å². The van der Waals surface area contributed by atoms with Crippen molar-refractivity contribution in [1.29, 1.82) is 0 Å². The van der Waals surface area contributed by atoms with Crippen molar-refractivity contribution in [3.63, 3.8) is 0 Å². The minimum atomic E-state index is -0.331. The number of hydrogen-bond acceptors (Lipinski definition) is 10. The molecule has 1 saturated carbocycles. The van der Waals surface area contributed by atoms with Crippen molar-refractivity contribution in [3.05, 3.63) is 119 Å². The topological polar surface area (TPSA) is 121 Å². The summed E-state index contributed by atoms with van der Waals surface area (Å²) in [5, 5.41) is 0. The average molecular weight is 903 g/mol. The van der Waals surface area contributed by atoms with Gasteiger partial charge in [0.2, 0.25) is 0 Å². The molecule has 0 radical (unpaired) electrons. The van der Waals surface area contributed by atoms with E-state index in [1.54, 1.807) is 0 Å². The standard InChI is InChI=1S/C54H66N2O10/c1-51(2)24-40(56-42(29-66-50(56)58)28-60-44-18-10-37(11-19-44)53(5,6)39-14-22-46(23-15-39)62-31-48-33-64-48)25-54(7,34-51)35-55-41(27-65-49(55)57)26-59-43-16-8-36(9-17-43)52(3,4)38-12-20-45(21-13-38)61-30-47-32-63-47/h8-23,40-42,47-48H,24-35H2,1-7H3. The lowest BCUT2D eigenvalue weighted by Gasteiger charge is -2.50. The zero-order chi connectivity index (χ0) is 46.3. The molecule has 4 aliphatic heterocycles. The van der Waals surface area contributed by atoms with Crippen LogP contribution < -0.4 is 18.9 Å². The number of amides is 2. The Morgan fingerprint density at radius 2 is 0.909 bits per heavy atom. The Kier molecular flexibility index (Phi) is 12.7.